The second-order valence-electron chi connectivity index (χ2n) is 16.3. The Morgan fingerprint density at radius 2 is 1.18 bits per heavy atom. The number of anilines is 4. The Morgan fingerprint density at radius 3 is 1.73 bits per heavy atom. The van der Waals surface area contributed by atoms with Gasteiger partial charge in [0.25, 0.3) is 0 Å². The van der Waals surface area contributed by atoms with Gasteiger partial charge in [0.2, 0.25) is 11.1 Å². The molecule has 0 aliphatic carbocycles. The number of nitrogens with two attached hydrogens (primary N) is 1. The summed E-state index contributed by atoms with van der Waals surface area (Å²) in [6.07, 6.45) is 4.09. The normalized spacial score (nSPS) is 14.9. The third kappa shape index (κ3) is 9.05. The molecular weight excluding hydrogens is 868 g/mol. The summed E-state index contributed by atoms with van der Waals surface area (Å²) in [5.74, 6) is 1.46. The van der Waals surface area contributed by atoms with Crippen molar-refractivity contribution in [2.45, 2.75) is 19.4 Å². The monoisotopic (exact) mass is 911 g/mol. The summed E-state index contributed by atoms with van der Waals surface area (Å²) < 4.78 is 52.8. The van der Waals surface area contributed by atoms with Crippen molar-refractivity contribution in [1.29, 1.82) is 0 Å². The van der Waals surface area contributed by atoms with Gasteiger partial charge >= 0.3 is 0 Å². The quantitative estimate of drug-likeness (QED) is 0.113. The van der Waals surface area contributed by atoms with Crippen LogP contribution in [0.5, 0.6) is 23.0 Å². The van der Waals surface area contributed by atoms with Gasteiger partial charge in [-0.2, -0.15) is 0 Å². The molecule has 0 saturated carbocycles. The summed E-state index contributed by atoms with van der Waals surface area (Å²) in [7, 11) is 0. The van der Waals surface area contributed by atoms with Gasteiger partial charge in [0.1, 0.15) is 34.6 Å². The summed E-state index contributed by atoms with van der Waals surface area (Å²) >= 11 is 6.03. The number of hydrogen-bond acceptors (Lipinski definition) is 11. The van der Waals surface area contributed by atoms with Gasteiger partial charge in [0.15, 0.2) is 0 Å². The number of nitrogens with one attached hydrogen (secondary N) is 3. The molecule has 2 saturated heterocycles. The zero-order chi connectivity index (χ0) is 45.3. The molecule has 4 aliphatic rings. The van der Waals surface area contributed by atoms with Gasteiger partial charge in [-0.1, -0.05) is 11.6 Å². The Hall–Kier alpha value is -7.20. The highest BCUT2D eigenvalue weighted by Crippen LogP contribution is 2.46. The zero-order valence-corrected chi connectivity index (χ0v) is 36.4. The van der Waals surface area contributed by atoms with Crippen molar-refractivity contribution >= 4 is 34.4 Å². The topological polar surface area (TPSA) is 160 Å². The van der Waals surface area contributed by atoms with Crippen molar-refractivity contribution in [2.75, 3.05) is 73.5 Å². The van der Waals surface area contributed by atoms with Crippen LogP contribution >= 0.6 is 11.6 Å². The van der Waals surface area contributed by atoms with E-state index in [0.29, 0.717) is 126 Å². The summed E-state index contributed by atoms with van der Waals surface area (Å²) in [5.41, 5.74) is 14.6. The molecule has 0 spiro atoms. The molecule has 5 N–H and O–H groups in total. The maximum Gasteiger partial charge on any atom is 0.250 e. The lowest BCUT2D eigenvalue weighted by molar-refractivity contribution is 0.122. The largest absolute Gasteiger partial charge is 0.456 e. The number of benzene rings is 4. The van der Waals surface area contributed by atoms with E-state index in [1.54, 1.807) is 54.9 Å². The molecule has 4 aromatic carbocycles. The molecule has 3 aromatic heterocycles. The van der Waals surface area contributed by atoms with E-state index in [9.17, 15) is 14.0 Å². The number of aromatic amines is 2. The van der Waals surface area contributed by atoms with E-state index in [1.807, 2.05) is 36.4 Å². The van der Waals surface area contributed by atoms with Gasteiger partial charge in [-0.05, 0) is 84.4 Å². The molecule has 0 atom stereocenters. The highest BCUT2D eigenvalue weighted by atomic mass is 35.5. The number of morpholine rings is 2. The van der Waals surface area contributed by atoms with E-state index in [1.165, 1.54) is 12.1 Å². The van der Waals surface area contributed by atoms with Crippen LogP contribution in [0, 0.1) is 11.6 Å². The van der Waals surface area contributed by atoms with E-state index < -0.39 is 0 Å². The lowest BCUT2D eigenvalue weighted by Gasteiger charge is -2.29. The average molecular weight is 912 g/mol. The van der Waals surface area contributed by atoms with Crippen molar-refractivity contribution in [3.63, 3.8) is 0 Å². The Bertz CT molecular complexity index is 3100. The second-order valence-corrected chi connectivity index (χ2v) is 16.8. The molecule has 7 aromatic rings. The highest BCUT2D eigenvalue weighted by Gasteiger charge is 2.27. The van der Waals surface area contributed by atoms with Crippen molar-refractivity contribution in [1.82, 2.24) is 15.0 Å². The lowest BCUT2D eigenvalue weighted by atomic mass is 9.95. The number of hydrogen-bond donors (Lipinski definition) is 4. The van der Waals surface area contributed by atoms with Gasteiger partial charge in [-0.15, -0.1) is 0 Å². The molecule has 0 radical (unpaired) electrons. The molecule has 11 rings (SSSR count). The van der Waals surface area contributed by atoms with Crippen molar-refractivity contribution < 1.29 is 27.7 Å². The maximum absolute atomic E-state index is 15.0. The van der Waals surface area contributed by atoms with Crippen LogP contribution in [0.4, 0.5) is 31.5 Å². The van der Waals surface area contributed by atoms with Crippen LogP contribution in [0.3, 0.4) is 0 Å². The van der Waals surface area contributed by atoms with E-state index in [-0.39, 0.29) is 22.8 Å². The number of fused-ring (bicyclic) bond motifs is 4. The van der Waals surface area contributed by atoms with E-state index in [0.717, 1.165) is 46.8 Å². The maximum atomic E-state index is 15.0. The number of nitrogen functional groups attached to an aromatic ring is 1. The number of pyridine rings is 3. The highest BCUT2D eigenvalue weighted by molar-refractivity contribution is 6.30. The standard InChI is InChI=1S/C28H24ClFN4O3.C22H20FN3O3/c29-19-9-17(14-31-16-19)15-32-20-1-4-26-18(10-20)11-23-24(30)3-2-22(28(23)37-26)25-12-21(13-27(35)33-25)34-5-7-36-8-6-34;23-18-3-2-16(22-17(18)10-13-9-14(24)1-4-20(13)29-22)19-11-15(12-21(27)25-19)26-5-7-28-8-6-26/h1-4,9-10,12-14,16,32H,5-8,11,15H2,(H,33,35);1-4,9,11-12H,5-8,10,24H2,(H,25,27). The fraction of sp³-hybridized carbons (Fsp3) is 0.220. The van der Waals surface area contributed by atoms with Gasteiger partial charge in [0, 0.05) is 126 Å². The number of halogens is 3. The van der Waals surface area contributed by atoms with Gasteiger partial charge in [-0.3, -0.25) is 14.6 Å². The van der Waals surface area contributed by atoms with Crippen molar-refractivity contribution in [3.05, 3.63) is 169 Å². The average Bonchev–Trinajstić information content (AvgIpc) is 3.33. The number of nitrogens with zero attached hydrogens (tertiary/aromatic N) is 3. The van der Waals surface area contributed by atoms with Crippen LogP contribution < -0.4 is 41.4 Å². The Labute approximate surface area is 382 Å². The molecule has 4 aliphatic heterocycles. The summed E-state index contributed by atoms with van der Waals surface area (Å²) in [4.78, 5) is 39.0. The molecule has 0 amide bonds. The summed E-state index contributed by atoms with van der Waals surface area (Å²) in [6.45, 7) is 5.87. The van der Waals surface area contributed by atoms with Crippen LogP contribution in [-0.2, 0) is 28.9 Å². The fourth-order valence-electron chi connectivity index (χ4n) is 8.67. The minimum Gasteiger partial charge on any atom is -0.456 e. The first-order valence-electron chi connectivity index (χ1n) is 21.6. The van der Waals surface area contributed by atoms with Gasteiger partial charge < -0.3 is 49.8 Å². The third-order valence-corrected chi connectivity index (χ3v) is 12.2. The first-order valence-corrected chi connectivity index (χ1v) is 22.0. The van der Waals surface area contributed by atoms with Crippen LogP contribution in [0.1, 0.15) is 27.8 Å². The van der Waals surface area contributed by atoms with Crippen molar-refractivity contribution in [2.24, 2.45) is 0 Å². The Kier molecular flexibility index (Phi) is 11.9. The fourth-order valence-corrected chi connectivity index (χ4v) is 8.87. The number of rotatable bonds is 7. The number of aromatic nitrogens is 3. The molecule has 336 valence electrons. The summed E-state index contributed by atoms with van der Waals surface area (Å²) in [5, 5.41) is 3.94. The van der Waals surface area contributed by atoms with Gasteiger partial charge in [-0.25, -0.2) is 8.78 Å². The molecule has 0 bridgehead atoms. The van der Waals surface area contributed by atoms with Crippen LogP contribution in [0.25, 0.3) is 22.5 Å². The van der Waals surface area contributed by atoms with Crippen LogP contribution in [-0.4, -0.2) is 67.6 Å². The number of H-pyrrole nitrogens is 2. The van der Waals surface area contributed by atoms with E-state index in [4.69, 9.17) is 36.3 Å². The first kappa shape index (κ1) is 42.7. The van der Waals surface area contributed by atoms with Crippen molar-refractivity contribution in [3.8, 4) is 45.5 Å². The Balaban J connectivity index is 0.000000160. The lowest BCUT2D eigenvalue weighted by Crippen LogP contribution is -2.36. The van der Waals surface area contributed by atoms with E-state index >= 15 is 4.39 Å². The molecule has 16 heteroatoms. The van der Waals surface area contributed by atoms with Gasteiger partial charge in [0.05, 0.1) is 42.8 Å². The van der Waals surface area contributed by atoms with Crippen LogP contribution in [0.15, 0.2) is 113 Å². The van der Waals surface area contributed by atoms with E-state index in [2.05, 4.69) is 30.1 Å². The molecule has 13 nitrogen and oxygen atoms in total. The SMILES string of the molecule is Nc1ccc2c(c1)Cc1c(F)ccc(-c3cc(N4CCOCC4)cc(=O)[nH]3)c1O2.O=c1cc(N2CCOCC2)cc(-c2ccc(F)c3c2Oc2ccc(NCc4cncc(Cl)c4)cc2C3)[nH]1. The number of ether oxygens (including phenoxy) is 4. The predicted octanol–water partition coefficient (Wildman–Crippen LogP) is 8.67. The smallest absolute Gasteiger partial charge is 0.250 e. The summed E-state index contributed by atoms with van der Waals surface area (Å²) in [6, 6.07) is 26.1. The molecule has 0 unspecified atom stereocenters. The minimum absolute atomic E-state index is 0.217. The molecular formula is C50H44ClF2N7O6. The molecule has 66 heavy (non-hydrogen) atoms. The molecule has 2 fully saturated rings. The predicted molar refractivity (Wildman–Crippen MR) is 251 cm³/mol. The van der Waals surface area contributed by atoms with Crippen LogP contribution in [0.2, 0.25) is 5.02 Å². The minimum atomic E-state index is -0.348. The molecule has 7 heterocycles. The zero-order valence-electron chi connectivity index (χ0n) is 35.6. The second kappa shape index (κ2) is 18.4. The first-order chi connectivity index (χ1) is 32.1. The third-order valence-electron chi connectivity index (χ3n) is 12.0. The Morgan fingerprint density at radius 1 is 0.652 bits per heavy atom.